The Kier molecular flexibility index (Phi) is 2.54. The normalized spacial score (nSPS) is 10.9. The van der Waals surface area contributed by atoms with Crippen LogP contribution in [0.1, 0.15) is 13.8 Å². The fourth-order valence-corrected chi connectivity index (χ4v) is 1.54. The lowest BCUT2D eigenvalue weighted by Gasteiger charge is -2.11. The molecule has 1 heterocycles. The molecular formula is C12H13FN2. The van der Waals surface area contributed by atoms with Crippen molar-refractivity contribution in [3.8, 4) is 0 Å². The largest absolute Gasteiger partial charge is 0.380 e. The van der Waals surface area contributed by atoms with E-state index in [-0.39, 0.29) is 11.9 Å². The Hall–Kier alpha value is -1.64. The number of hydrogen-bond acceptors (Lipinski definition) is 2. The summed E-state index contributed by atoms with van der Waals surface area (Å²) >= 11 is 0. The summed E-state index contributed by atoms with van der Waals surface area (Å²) in [5, 5.41) is 3.62. The molecule has 0 atom stereocenters. The van der Waals surface area contributed by atoms with Crippen LogP contribution in [-0.4, -0.2) is 11.0 Å². The van der Waals surface area contributed by atoms with Gasteiger partial charge in [0.2, 0.25) is 0 Å². The smallest absolute Gasteiger partial charge is 0.155 e. The standard InChI is InChI=1S/C12H13FN2/c1-8(2)15-11-6-5-10-9(12(11)13)4-3-7-14-10/h3-8,15H,1-2H3. The third kappa shape index (κ3) is 1.91. The number of rotatable bonds is 2. The summed E-state index contributed by atoms with van der Waals surface area (Å²) in [4.78, 5) is 4.09. The van der Waals surface area contributed by atoms with Crippen LogP contribution in [0.5, 0.6) is 0 Å². The van der Waals surface area contributed by atoms with E-state index < -0.39 is 0 Å². The van der Waals surface area contributed by atoms with Gasteiger partial charge in [-0.3, -0.25) is 4.98 Å². The average Bonchev–Trinajstić information content (AvgIpc) is 2.22. The predicted molar refractivity (Wildman–Crippen MR) is 60.5 cm³/mol. The van der Waals surface area contributed by atoms with Crippen LogP contribution in [0, 0.1) is 5.82 Å². The van der Waals surface area contributed by atoms with Crippen molar-refractivity contribution < 1.29 is 4.39 Å². The maximum absolute atomic E-state index is 13.9. The molecule has 2 rings (SSSR count). The molecule has 0 aliphatic carbocycles. The van der Waals surface area contributed by atoms with E-state index in [1.807, 2.05) is 19.9 Å². The van der Waals surface area contributed by atoms with Gasteiger partial charge in [0.25, 0.3) is 0 Å². The Morgan fingerprint density at radius 3 is 2.80 bits per heavy atom. The summed E-state index contributed by atoms with van der Waals surface area (Å²) in [6.07, 6.45) is 1.66. The van der Waals surface area contributed by atoms with Gasteiger partial charge < -0.3 is 5.32 Å². The second-order valence-corrected chi connectivity index (χ2v) is 3.80. The lowest BCUT2D eigenvalue weighted by atomic mass is 10.1. The maximum atomic E-state index is 13.9. The van der Waals surface area contributed by atoms with Crippen molar-refractivity contribution in [2.75, 3.05) is 5.32 Å². The number of nitrogens with one attached hydrogen (secondary N) is 1. The molecule has 0 aliphatic heterocycles. The third-order valence-corrected chi connectivity index (χ3v) is 2.16. The van der Waals surface area contributed by atoms with E-state index in [1.54, 1.807) is 24.4 Å². The minimum atomic E-state index is -0.227. The summed E-state index contributed by atoms with van der Waals surface area (Å²) in [5.74, 6) is -0.227. The highest BCUT2D eigenvalue weighted by molar-refractivity contribution is 5.83. The van der Waals surface area contributed by atoms with Crippen LogP contribution in [-0.2, 0) is 0 Å². The van der Waals surface area contributed by atoms with Gasteiger partial charge >= 0.3 is 0 Å². The third-order valence-electron chi connectivity index (χ3n) is 2.16. The number of fused-ring (bicyclic) bond motifs is 1. The Morgan fingerprint density at radius 1 is 1.27 bits per heavy atom. The van der Waals surface area contributed by atoms with Gasteiger partial charge in [0.1, 0.15) is 0 Å². The Morgan fingerprint density at radius 2 is 2.07 bits per heavy atom. The molecule has 2 aromatic rings. The average molecular weight is 204 g/mol. The predicted octanol–water partition coefficient (Wildman–Crippen LogP) is 3.19. The molecule has 1 aromatic carbocycles. The monoisotopic (exact) mass is 204 g/mol. The minimum Gasteiger partial charge on any atom is -0.380 e. The molecule has 0 saturated heterocycles. The highest BCUT2D eigenvalue weighted by atomic mass is 19.1. The molecule has 3 heteroatoms. The molecule has 0 amide bonds. The molecule has 0 unspecified atom stereocenters. The van der Waals surface area contributed by atoms with Crippen LogP contribution in [0.2, 0.25) is 0 Å². The van der Waals surface area contributed by atoms with E-state index in [2.05, 4.69) is 10.3 Å². The molecule has 2 nitrogen and oxygen atoms in total. The Balaban J connectivity index is 2.55. The first kappa shape index (κ1) is 9.90. The van der Waals surface area contributed by atoms with Crippen LogP contribution in [0.3, 0.4) is 0 Å². The quantitative estimate of drug-likeness (QED) is 0.812. The molecule has 0 spiro atoms. The Labute approximate surface area is 88.1 Å². The number of aromatic nitrogens is 1. The summed E-state index contributed by atoms with van der Waals surface area (Å²) < 4.78 is 13.9. The molecule has 0 saturated carbocycles. The first-order valence-electron chi connectivity index (χ1n) is 4.98. The minimum absolute atomic E-state index is 0.216. The van der Waals surface area contributed by atoms with E-state index in [1.165, 1.54) is 0 Å². The van der Waals surface area contributed by atoms with E-state index >= 15 is 0 Å². The van der Waals surface area contributed by atoms with Gasteiger partial charge in [-0.15, -0.1) is 0 Å². The van der Waals surface area contributed by atoms with E-state index in [4.69, 9.17) is 0 Å². The first-order chi connectivity index (χ1) is 7.18. The van der Waals surface area contributed by atoms with Crippen LogP contribution >= 0.6 is 0 Å². The van der Waals surface area contributed by atoms with Crippen molar-refractivity contribution >= 4 is 16.6 Å². The molecule has 0 fully saturated rings. The summed E-state index contributed by atoms with van der Waals surface area (Å²) in [6.45, 7) is 3.96. The molecular weight excluding hydrogens is 191 g/mol. The highest BCUT2D eigenvalue weighted by Crippen LogP contribution is 2.23. The number of nitrogens with zero attached hydrogens (tertiary/aromatic N) is 1. The molecule has 0 aliphatic rings. The number of pyridine rings is 1. The van der Waals surface area contributed by atoms with Gasteiger partial charge in [-0.1, -0.05) is 0 Å². The maximum Gasteiger partial charge on any atom is 0.155 e. The SMILES string of the molecule is CC(C)Nc1ccc2ncccc2c1F. The van der Waals surface area contributed by atoms with Crippen molar-refractivity contribution in [3.63, 3.8) is 0 Å². The van der Waals surface area contributed by atoms with Crippen LogP contribution < -0.4 is 5.32 Å². The fourth-order valence-electron chi connectivity index (χ4n) is 1.54. The molecule has 15 heavy (non-hydrogen) atoms. The number of anilines is 1. The van der Waals surface area contributed by atoms with Crippen molar-refractivity contribution in [2.45, 2.75) is 19.9 Å². The number of benzene rings is 1. The molecule has 78 valence electrons. The zero-order chi connectivity index (χ0) is 10.8. The summed E-state index contributed by atoms with van der Waals surface area (Å²) in [7, 11) is 0. The van der Waals surface area contributed by atoms with Crippen molar-refractivity contribution in [1.29, 1.82) is 0 Å². The number of halogens is 1. The topological polar surface area (TPSA) is 24.9 Å². The van der Waals surface area contributed by atoms with Crippen molar-refractivity contribution in [3.05, 3.63) is 36.3 Å². The molecule has 1 N–H and O–H groups in total. The Bertz CT molecular complexity index is 480. The zero-order valence-electron chi connectivity index (χ0n) is 8.79. The van der Waals surface area contributed by atoms with E-state index in [0.717, 1.165) is 0 Å². The van der Waals surface area contributed by atoms with Gasteiger partial charge in [0.15, 0.2) is 5.82 Å². The molecule has 1 aromatic heterocycles. The highest BCUT2D eigenvalue weighted by Gasteiger charge is 2.07. The lowest BCUT2D eigenvalue weighted by Crippen LogP contribution is -2.11. The van der Waals surface area contributed by atoms with E-state index in [9.17, 15) is 4.39 Å². The van der Waals surface area contributed by atoms with Gasteiger partial charge in [-0.05, 0) is 38.1 Å². The fraction of sp³-hybridized carbons (Fsp3) is 0.250. The van der Waals surface area contributed by atoms with Crippen molar-refractivity contribution in [1.82, 2.24) is 4.98 Å². The second-order valence-electron chi connectivity index (χ2n) is 3.80. The van der Waals surface area contributed by atoms with Crippen LogP contribution in [0.15, 0.2) is 30.5 Å². The first-order valence-corrected chi connectivity index (χ1v) is 4.98. The lowest BCUT2D eigenvalue weighted by molar-refractivity contribution is 0.639. The number of hydrogen-bond donors (Lipinski definition) is 1. The second kappa shape index (κ2) is 3.85. The summed E-state index contributed by atoms with van der Waals surface area (Å²) in [5.41, 5.74) is 1.22. The van der Waals surface area contributed by atoms with Gasteiger partial charge in [-0.25, -0.2) is 4.39 Å². The van der Waals surface area contributed by atoms with Crippen LogP contribution in [0.4, 0.5) is 10.1 Å². The zero-order valence-corrected chi connectivity index (χ0v) is 8.79. The van der Waals surface area contributed by atoms with Gasteiger partial charge in [0.05, 0.1) is 11.2 Å². The van der Waals surface area contributed by atoms with Gasteiger partial charge in [0, 0.05) is 17.6 Å². The van der Waals surface area contributed by atoms with Crippen LogP contribution in [0.25, 0.3) is 10.9 Å². The van der Waals surface area contributed by atoms with E-state index in [0.29, 0.717) is 16.6 Å². The van der Waals surface area contributed by atoms with Gasteiger partial charge in [-0.2, -0.15) is 0 Å². The molecule has 0 radical (unpaired) electrons. The summed E-state index contributed by atoms with van der Waals surface area (Å²) in [6, 6.07) is 7.25. The molecule has 0 bridgehead atoms. The van der Waals surface area contributed by atoms with Crippen molar-refractivity contribution in [2.24, 2.45) is 0 Å².